The predicted octanol–water partition coefficient (Wildman–Crippen LogP) is 3.48. The number of aromatic amines is 1. The van der Waals surface area contributed by atoms with E-state index in [2.05, 4.69) is 9.98 Å². The van der Waals surface area contributed by atoms with E-state index >= 15 is 0 Å². The second-order valence-corrected chi connectivity index (χ2v) is 5.11. The smallest absolute Gasteiger partial charge is 0.306 e. The van der Waals surface area contributed by atoms with Crippen LogP contribution >= 0.6 is 24.0 Å². The lowest BCUT2D eigenvalue weighted by Gasteiger charge is -2.02. The van der Waals surface area contributed by atoms with Gasteiger partial charge in [-0.2, -0.15) is 0 Å². The maximum Gasteiger partial charge on any atom is 0.306 e. The molecule has 0 aromatic carbocycles. The summed E-state index contributed by atoms with van der Waals surface area (Å²) in [6, 6.07) is 3.71. The van der Waals surface area contributed by atoms with E-state index in [9.17, 15) is 4.79 Å². The van der Waals surface area contributed by atoms with Crippen LogP contribution < -0.4 is 0 Å². The van der Waals surface area contributed by atoms with Crippen molar-refractivity contribution in [1.82, 2.24) is 4.98 Å². The highest BCUT2D eigenvalue weighted by atomic mass is 32.2. The lowest BCUT2D eigenvalue weighted by Crippen LogP contribution is -2.05. The van der Waals surface area contributed by atoms with Gasteiger partial charge >= 0.3 is 5.97 Å². The zero-order chi connectivity index (χ0) is 13.4. The number of esters is 1. The van der Waals surface area contributed by atoms with Gasteiger partial charge in [0.05, 0.1) is 23.8 Å². The minimum Gasteiger partial charge on any atom is -0.466 e. The number of rotatable bonds is 5. The third-order valence-corrected chi connectivity index (χ3v) is 3.24. The van der Waals surface area contributed by atoms with E-state index in [0.717, 1.165) is 10.7 Å². The van der Waals surface area contributed by atoms with Crippen LogP contribution in [0, 0.1) is 4.64 Å². The number of carbonyl (C=O) groups is 1. The monoisotopic (exact) mass is 284 g/mol. The van der Waals surface area contributed by atoms with Crippen LogP contribution in [-0.2, 0) is 9.53 Å². The first-order valence-electron chi connectivity index (χ1n) is 5.65. The molecule has 1 aromatic heterocycles. The number of ether oxygens (including phenoxy) is 1. The number of carbonyl (C=O) groups excluding carboxylic acids is 1. The van der Waals surface area contributed by atoms with Crippen LogP contribution in [0.3, 0.4) is 0 Å². The Balaban J connectivity index is 2.46. The van der Waals surface area contributed by atoms with Gasteiger partial charge in [0.2, 0.25) is 0 Å². The van der Waals surface area contributed by atoms with Gasteiger partial charge in [0, 0.05) is 11.9 Å². The van der Waals surface area contributed by atoms with Crippen molar-refractivity contribution in [3.8, 4) is 0 Å². The second kappa shape index (κ2) is 8.05. The Labute approximate surface area is 116 Å². The molecule has 1 N–H and O–H groups in total. The second-order valence-electron chi connectivity index (χ2n) is 3.42. The SMILES string of the molecule is CCOC(=O)CCSC(C)=Nc1ccc[nH]c1=S. The topological polar surface area (TPSA) is 54.4 Å². The van der Waals surface area contributed by atoms with Gasteiger partial charge in [0.25, 0.3) is 0 Å². The molecule has 0 radical (unpaired) electrons. The molecule has 4 nitrogen and oxygen atoms in total. The molecule has 0 atom stereocenters. The Morgan fingerprint density at radius 2 is 2.39 bits per heavy atom. The van der Waals surface area contributed by atoms with Gasteiger partial charge in [0.15, 0.2) is 0 Å². The quantitative estimate of drug-likeness (QED) is 0.389. The van der Waals surface area contributed by atoms with Gasteiger partial charge in [0.1, 0.15) is 4.64 Å². The van der Waals surface area contributed by atoms with Crippen LogP contribution in [-0.4, -0.2) is 28.4 Å². The summed E-state index contributed by atoms with van der Waals surface area (Å²) in [5.41, 5.74) is 0.744. The molecule has 18 heavy (non-hydrogen) atoms. The minimum absolute atomic E-state index is 0.171. The third-order valence-electron chi connectivity index (χ3n) is 2.00. The molecule has 0 fully saturated rings. The Morgan fingerprint density at radius 3 is 3.06 bits per heavy atom. The highest BCUT2D eigenvalue weighted by Gasteiger charge is 2.02. The Morgan fingerprint density at radius 1 is 1.61 bits per heavy atom. The standard InChI is InChI=1S/C12H16N2O2S2/c1-3-16-11(15)6-8-18-9(2)14-10-5-4-7-13-12(10)17/h4-5,7H,3,6,8H2,1-2H3,(H,13,17). The van der Waals surface area contributed by atoms with Crippen molar-refractivity contribution in [2.45, 2.75) is 20.3 Å². The van der Waals surface area contributed by atoms with Crippen molar-refractivity contribution < 1.29 is 9.53 Å². The lowest BCUT2D eigenvalue weighted by atomic mass is 10.4. The molecule has 1 heterocycles. The van der Waals surface area contributed by atoms with Gasteiger partial charge in [-0.15, -0.1) is 11.8 Å². The van der Waals surface area contributed by atoms with Crippen molar-refractivity contribution in [1.29, 1.82) is 0 Å². The molecule has 0 aliphatic heterocycles. The Kier molecular flexibility index (Phi) is 6.67. The van der Waals surface area contributed by atoms with E-state index in [1.807, 2.05) is 19.1 Å². The average Bonchev–Trinajstić information content (AvgIpc) is 2.32. The summed E-state index contributed by atoms with van der Waals surface area (Å²) >= 11 is 6.64. The number of nitrogens with zero attached hydrogens (tertiary/aromatic N) is 1. The zero-order valence-corrected chi connectivity index (χ0v) is 12.1. The van der Waals surface area contributed by atoms with Gasteiger partial charge < -0.3 is 9.72 Å². The predicted molar refractivity (Wildman–Crippen MR) is 78.1 cm³/mol. The molecule has 0 aliphatic rings. The number of aromatic nitrogens is 1. The zero-order valence-electron chi connectivity index (χ0n) is 10.4. The van der Waals surface area contributed by atoms with E-state index in [1.54, 1.807) is 13.1 Å². The fourth-order valence-electron chi connectivity index (χ4n) is 1.22. The lowest BCUT2D eigenvalue weighted by molar-refractivity contribution is -0.142. The van der Waals surface area contributed by atoms with Crippen LogP contribution in [0.2, 0.25) is 0 Å². The third kappa shape index (κ3) is 5.46. The van der Waals surface area contributed by atoms with Crippen LogP contribution in [0.5, 0.6) is 0 Å². The van der Waals surface area contributed by atoms with Crippen molar-refractivity contribution in [2.75, 3.05) is 12.4 Å². The number of nitrogens with one attached hydrogen (secondary N) is 1. The molecule has 0 spiro atoms. The van der Waals surface area contributed by atoms with Gasteiger partial charge in [-0.25, -0.2) is 4.99 Å². The van der Waals surface area contributed by atoms with E-state index in [1.165, 1.54) is 11.8 Å². The first-order valence-corrected chi connectivity index (χ1v) is 7.04. The number of H-pyrrole nitrogens is 1. The van der Waals surface area contributed by atoms with E-state index in [4.69, 9.17) is 17.0 Å². The van der Waals surface area contributed by atoms with Gasteiger partial charge in [-0.3, -0.25) is 4.79 Å². The average molecular weight is 284 g/mol. The molecular formula is C12H16N2O2S2. The molecule has 98 valence electrons. The van der Waals surface area contributed by atoms with Crippen molar-refractivity contribution in [2.24, 2.45) is 4.99 Å². The van der Waals surface area contributed by atoms with Crippen LogP contribution in [0.15, 0.2) is 23.3 Å². The molecule has 0 bridgehead atoms. The summed E-state index contributed by atoms with van der Waals surface area (Å²) in [5, 5.41) is 0.880. The van der Waals surface area contributed by atoms with E-state index in [0.29, 0.717) is 23.4 Å². The maximum atomic E-state index is 11.1. The molecule has 0 unspecified atom stereocenters. The summed E-state index contributed by atoms with van der Waals surface area (Å²) in [4.78, 5) is 18.5. The number of hydrogen-bond donors (Lipinski definition) is 1. The van der Waals surface area contributed by atoms with Crippen molar-refractivity contribution in [3.63, 3.8) is 0 Å². The molecule has 0 aliphatic carbocycles. The number of thioether (sulfide) groups is 1. The fourth-order valence-corrected chi connectivity index (χ4v) is 2.13. The van der Waals surface area contributed by atoms with Gasteiger partial charge in [-0.05, 0) is 26.0 Å². The highest BCUT2D eigenvalue weighted by Crippen LogP contribution is 2.16. The van der Waals surface area contributed by atoms with Crippen LogP contribution in [0.25, 0.3) is 0 Å². The summed E-state index contributed by atoms with van der Waals surface area (Å²) < 4.78 is 5.46. The van der Waals surface area contributed by atoms with E-state index in [-0.39, 0.29) is 5.97 Å². The van der Waals surface area contributed by atoms with Crippen LogP contribution in [0.1, 0.15) is 20.3 Å². The maximum absolute atomic E-state index is 11.1. The summed E-state index contributed by atoms with van der Waals surface area (Å²) in [6.07, 6.45) is 2.16. The van der Waals surface area contributed by atoms with E-state index < -0.39 is 0 Å². The summed E-state index contributed by atoms with van der Waals surface area (Å²) in [5.74, 6) is 0.493. The largest absolute Gasteiger partial charge is 0.466 e. The number of hydrogen-bond acceptors (Lipinski definition) is 5. The van der Waals surface area contributed by atoms with Crippen molar-refractivity contribution in [3.05, 3.63) is 23.0 Å². The first kappa shape index (κ1) is 14.9. The summed E-state index contributed by atoms with van der Waals surface area (Å²) in [7, 11) is 0. The number of aliphatic imine (C=N–C) groups is 1. The van der Waals surface area contributed by atoms with Gasteiger partial charge in [-0.1, -0.05) is 12.2 Å². The molecule has 1 rings (SSSR count). The molecule has 0 amide bonds. The Hall–Kier alpha value is -1.14. The normalized spacial score (nSPS) is 11.3. The fraction of sp³-hybridized carbons (Fsp3) is 0.417. The van der Waals surface area contributed by atoms with Crippen molar-refractivity contribution >= 4 is 40.7 Å². The number of pyridine rings is 1. The summed E-state index contributed by atoms with van der Waals surface area (Å²) in [6.45, 7) is 4.13. The highest BCUT2D eigenvalue weighted by molar-refractivity contribution is 8.13. The molecule has 1 aromatic rings. The molecule has 6 heteroatoms. The molecular weight excluding hydrogens is 268 g/mol. The molecule has 0 saturated heterocycles. The minimum atomic E-state index is -0.171. The first-order chi connectivity index (χ1) is 8.63. The Bertz CT molecular complexity index is 483. The van der Waals surface area contributed by atoms with Crippen LogP contribution in [0.4, 0.5) is 5.69 Å². The molecule has 0 saturated carbocycles.